The number of morpholine rings is 1. The Balaban J connectivity index is 2.09. The molecule has 0 amide bonds. The van der Waals surface area contributed by atoms with Crippen LogP contribution in [-0.4, -0.2) is 44.3 Å². The Morgan fingerprint density at radius 3 is 3.00 bits per heavy atom. The normalized spacial score (nSPS) is 19.2. The Kier molecular flexibility index (Phi) is 4.28. The van der Waals surface area contributed by atoms with Crippen molar-refractivity contribution in [3.05, 3.63) is 34.1 Å². The molecule has 0 radical (unpaired) electrons. The van der Waals surface area contributed by atoms with Crippen molar-refractivity contribution in [2.45, 2.75) is 6.10 Å². The van der Waals surface area contributed by atoms with Crippen LogP contribution in [0.4, 0.5) is 15.8 Å². The molecule has 1 saturated heterocycles. The minimum Gasteiger partial charge on any atom is -0.374 e. The summed E-state index contributed by atoms with van der Waals surface area (Å²) in [6, 6.07) is 3.55. The smallest absolute Gasteiger partial charge is 0.274 e. The van der Waals surface area contributed by atoms with Crippen LogP contribution in [0.1, 0.15) is 0 Å². The van der Waals surface area contributed by atoms with Crippen LogP contribution in [-0.2, 0) is 4.74 Å². The molecule has 0 spiro atoms. The molecule has 1 fully saturated rings. The Hall–Kier alpha value is -1.73. The lowest BCUT2D eigenvalue weighted by Crippen LogP contribution is -2.44. The van der Waals surface area contributed by atoms with Gasteiger partial charge in [-0.1, -0.05) is 0 Å². The number of anilines is 1. The zero-order valence-electron chi connectivity index (χ0n) is 10.6. The highest BCUT2D eigenvalue weighted by Gasteiger charge is 2.18. The van der Waals surface area contributed by atoms with E-state index in [0.717, 1.165) is 19.2 Å². The van der Waals surface area contributed by atoms with Gasteiger partial charge in [0.25, 0.3) is 5.69 Å². The van der Waals surface area contributed by atoms with Gasteiger partial charge in [0.2, 0.25) is 0 Å². The molecule has 1 aliphatic heterocycles. The first-order chi connectivity index (χ1) is 9.06. The van der Waals surface area contributed by atoms with Crippen LogP contribution in [0.5, 0.6) is 0 Å². The third kappa shape index (κ3) is 3.62. The van der Waals surface area contributed by atoms with Crippen molar-refractivity contribution in [1.82, 2.24) is 5.32 Å². The quantitative estimate of drug-likeness (QED) is 0.656. The summed E-state index contributed by atoms with van der Waals surface area (Å²) in [5, 5.41) is 13.9. The number of nitro groups is 1. The van der Waals surface area contributed by atoms with E-state index in [1.54, 1.807) is 11.9 Å². The fraction of sp³-hybridized carbons (Fsp3) is 0.500. The number of hydrogen-bond acceptors (Lipinski definition) is 5. The van der Waals surface area contributed by atoms with E-state index in [4.69, 9.17) is 4.74 Å². The van der Waals surface area contributed by atoms with Crippen molar-refractivity contribution in [3.8, 4) is 0 Å². The summed E-state index contributed by atoms with van der Waals surface area (Å²) in [5.41, 5.74) is 0.227. The second kappa shape index (κ2) is 5.94. The average Bonchev–Trinajstić information content (AvgIpc) is 2.39. The summed E-state index contributed by atoms with van der Waals surface area (Å²) in [6.45, 7) is 2.74. The number of halogens is 1. The van der Waals surface area contributed by atoms with Gasteiger partial charge in [-0.05, 0) is 6.07 Å². The fourth-order valence-electron chi connectivity index (χ4n) is 2.03. The van der Waals surface area contributed by atoms with Gasteiger partial charge in [0.1, 0.15) is 5.82 Å². The van der Waals surface area contributed by atoms with Gasteiger partial charge in [-0.15, -0.1) is 0 Å². The zero-order chi connectivity index (χ0) is 13.8. The minimum absolute atomic E-state index is 0.000994. The molecular weight excluding hydrogens is 253 g/mol. The molecule has 0 aromatic heterocycles. The molecule has 1 N–H and O–H groups in total. The summed E-state index contributed by atoms with van der Waals surface area (Å²) >= 11 is 0. The number of ether oxygens (including phenoxy) is 1. The van der Waals surface area contributed by atoms with Crippen LogP contribution >= 0.6 is 0 Å². The van der Waals surface area contributed by atoms with Gasteiger partial charge in [0.15, 0.2) is 0 Å². The summed E-state index contributed by atoms with van der Waals surface area (Å²) in [4.78, 5) is 11.9. The Morgan fingerprint density at radius 1 is 1.58 bits per heavy atom. The summed E-state index contributed by atoms with van der Waals surface area (Å²) in [6.07, 6.45) is 0.000994. The molecule has 1 aliphatic rings. The van der Waals surface area contributed by atoms with Gasteiger partial charge in [0, 0.05) is 38.4 Å². The van der Waals surface area contributed by atoms with Crippen molar-refractivity contribution in [1.29, 1.82) is 0 Å². The van der Waals surface area contributed by atoms with Crippen molar-refractivity contribution in [2.24, 2.45) is 0 Å². The van der Waals surface area contributed by atoms with Gasteiger partial charge in [-0.2, -0.15) is 0 Å². The molecule has 2 rings (SSSR count). The highest BCUT2D eigenvalue weighted by molar-refractivity contribution is 5.53. The Morgan fingerprint density at radius 2 is 2.37 bits per heavy atom. The highest BCUT2D eigenvalue weighted by atomic mass is 19.1. The maximum atomic E-state index is 13.4. The van der Waals surface area contributed by atoms with Gasteiger partial charge >= 0.3 is 0 Å². The van der Waals surface area contributed by atoms with Crippen LogP contribution in [0.15, 0.2) is 18.2 Å². The Bertz CT molecular complexity index is 464. The van der Waals surface area contributed by atoms with Crippen LogP contribution in [0.3, 0.4) is 0 Å². The molecule has 1 heterocycles. The molecule has 19 heavy (non-hydrogen) atoms. The predicted octanol–water partition coefficient (Wildman–Crippen LogP) is 1.16. The molecule has 1 unspecified atom stereocenters. The highest BCUT2D eigenvalue weighted by Crippen LogP contribution is 2.23. The van der Waals surface area contributed by atoms with E-state index in [1.165, 1.54) is 12.1 Å². The number of non-ortho nitro benzene ring substituents is 1. The second-order valence-electron chi connectivity index (χ2n) is 4.50. The van der Waals surface area contributed by atoms with E-state index in [9.17, 15) is 14.5 Å². The van der Waals surface area contributed by atoms with Crippen LogP contribution in [0, 0.1) is 15.9 Å². The van der Waals surface area contributed by atoms with Crippen LogP contribution in [0.25, 0.3) is 0 Å². The van der Waals surface area contributed by atoms with E-state index in [-0.39, 0.29) is 11.8 Å². The first kappa shape index (κ1) is 13.7. The first-order valence-corrected chi connectivity index (χ1v) is 6.04. The van der Waals surface area contributed by atoms with E-state index < -0.39 is 10.7 Å². The van der Waals surface area contributed by atoms with Gasteiger partial charge in [0.05, 0.1) is 23.7 Å². The number of likely N-dealkylation sites (N-methyl/N-ethyl adjacent to an activating group) is 1. The number of benzene rings is 1. The lowest BCUT2D eigenvalue weighted by Gasteiger charge is -2.29. The topological polar surface area (TPSA) is 67.6 Å². The molecule has 1 aromatic rings. The summed E-state index contributed by atoms with van der Waals surface area (Å²) in [7, 11) is 1.76. The fourth-order valence-corrected chi connectivity index (χ4v) is 2.03. The number of nitro benzene ring substituents is 1. The lowest BCUT2D eigenvalue weighted by molar-refractivity contribution is -0.385. The van der Waals surface area contributed by atoms with Gasteiger partial charge < -0.3 is 15.0 Å². The van der Waals surface area contributed by atoms with Crippen molar-refractivity contribution < 1.29 is 14.1 Å². The third-order valence-electron chi connectivity index (χ3n) is 3.00. The predicted molar refractivity (Wildman–Crippen MR) is 68.9 cm³/mol. The average molecular weight is 269 g/mol. The molecule has 104 valence electrons. The number of hydrogen-bond donors (Lipinski definition) is 1. The molecule has 6 nitrogen and oxygen atoms in total. The van der Waals surface area contributed by atoms with E-state index in [0.29, 0.717) is 18.8 Å². The number of nitrogens with one attached hydrogen (secondary N) is 1. The zero-order valence-corrected chi connectivity index (χ0v) is 10.6. The van der Waals surface area contributed by atoms with E-state index in [2.05, 4.69) is 5.32 Å². The van der Waals surface area contributed by atoms with Crippen molar-refractivity contribution in [3.63, 3.8) is 0 Å². The van der Waals surface area contributed by atoms with E-state index >= 15 is 0 Å². The maximum Gasteiger partial charge on any atom is 0.274 e. The lowest BCUT2D eigenvalue weighted by atomic mass is 10.2. The standard InChI is InChI=1S/C12H16FN3O3/c1-15(8-12-7-14-2-3-19-12)10-4-9(13)5-11(6-10)16(17)18/h4-6,12,14H,2-3,7-8H2,1H3. The van der Waals surface area contributed by atoms with Crippen LogP contribution in [0.2, 0.25) is 0 Å². The molecule has 7 heteroatoms. The number of rotatable bonds is 4. The van der Waals surface area contributed by atoms with Crippen molar-refractivity contribution >= 4 is 11.4 Å². The van der Waals surface area contributed by atoms with Crippen molar-refractivity contribution in [2.75, 3.05) is 38.2 Å². The molecule has 0 saturated carbocycles. The largest absolute Gasteiger partial charge is 0.374 e. The summed E-state index contributed by atoms with van der Waals surface area (Å²) in [5.74, 6) is -0.612. The monoisotopic (exact) mass is 269 g/mol. The summed E-state index contributed by atoms with van der Waals surface area (Å²) < 4.78 is 18.9. The SMILES string of the molecule is CN(CC1CNCCO1)c1cc(F)cc([N+](=O)[O-])c1. The minimum atomic E-state index is -0.612. The maximum absolute atomic E-state index is 13.4. The Labute approximate surface area is 110 Å². The first-order valence-electron chi connectivity index (χ1n) is 6.04. The molecule has 0 aliphatic carbocycles. The molecule has 0 bridgehead atoms. The molecule has 1 atom stereocenters. The van der Waals surface area contributed by atoms with Gasteiger partial charge in [-0.25, -0.2) is 4.39 Å². The van der Waals surface area contributed by atoms with Crippen LogP contribution < -0.4 is 10.2 Å². The molecule has 1 aromatic carbocycles. The van der Waals surface area contributed by atoms with Gasteiger partial charge in [-0.3, -0.25) is 10.1 Å². The third-order valence-corrected chi connectivity index (χ3v) is 3.00. The number of nitrogens with zero attached hydrogens (tertiary/aromatic N) is 2. The molecular formula is C12H16FN3O3. The van der Waals surface area contributed by atoms with E-state index in [1.807, 2.05) is 0 Å². The second-order valence-corrected chi connectivity index (χ2v) is 4.50.